The zero-order valence-corrected chi connectivity index (χ0v) is 11.2. The average Bonchev–Trinajstić information content (AvgIpc) is 2.87. The molecule has 2 saturated heterocycles. The lowest BCUT2D eigenvalue weighted by molar-refractivity contribution is -0.168. The van der Waals surface area contributed by atoms with Gasteiger partial charge in [-0.25, -0.2) is 9.59 Å². The molecule has 0 aromatic heterocycles. The van der Waals surface area contributed by atoms with Crippen LogP contribution >= 0.6 is 0 Å². The highest BCUT2D eigenvalue weighted by molar-refractivity contribution is 5.94. The summed E-state index contributed by atoms with van der Waals surface area (Å²) < 4.78 is 10.6. The van der Waals surface area contributed by atoms with Crippen molar-refractivity contribution < 1.29 is 24.2 Å². The molecule has 5 heteroatoms. The SMILES string of the molecule is C=C[C@]1(C)[C@H](O)[C@@H]2OC(=O)C(=C)[C@H]2[C@H]2OC(=O)C(=C)[C@H]21. The molecule has 20 heavy (non-hydrogen) atoms. The smallest absolute Gasteiger partial charge is 0.334 e. The van der Waals surface area contributed by atoms with E-state index in [4.69, 9.17) is 9.47 Å². The topological polar surface area (TPSA) is 72.8 Å². The Bertz CT molecular complexity index is 563. The van der Waals surface area contributed by atoms with E-state index in [1.807, 2.05) is 0 Å². The lowest BCUT2D eigenvalue weighted by atomic mass is 9.58. The molecule has 106 valence electrons. The van der Waals surface area contributed by atoms with E-state index in [0.29, 0.717) is 5.57 Å². The van der Waals surface area contributed by atoms with Crippen LogP contribution in [-0.2, 0) is 19.1 Å². The van der Waals surface area contributed by atoms with Crippen LogP contribution in [0.5, 0.6) is 0 Å². The van der Waals surface area contributed by atoms with Crippen LogP contribution in [0.3, 0.4) is 0 Å². The Morgan fingerprint density at radius 2 is 1.70 bits per heavy atom. The van der Waals surface area contributed by atoms with Gasteiger partial charge in [0, 0.05) is 22.5 Å². The summed E-state index contributed by atoms with van der Waals surface area (Å²) >= 11 is 0. The molecule has 3 aliphatic rings. The Morgan fingerprint density at radius 3 is 2.30 bits per heavy atom. The van der Waals surface area contributed by atoms with Gasteiger partial charge in [-0.3, -0.25) is 0 Å². The number of aliphatic hydroxyl groups excluding tert-OH is 1. The molecular weight excluding hydrogens is 260 g/mol. The van der Waals surface area contributed by atoms with Crippen molar-refractivity contribution in [3.8, 4) is 0 Å². The molecule has 3 rings (SSSR count). The monoisotopic (exact) mass is 276 g/mol. The van der Waals surface area contributed by atoms with E-state index in [0.717, 1.165) is 0 Å². The maximum atomic E-state index is 11.8. The van der Waals surface area contributed by atoms with Crippen LogP contribution in [0.1, 0.15) is 6.92 Å². The van der Waals surface area contributed by atoms with Gasteiger partial charge in [0.15, 0.2) is 0 Å². The van der Waals surface area contributed by atoms with Crippen LogP contribution < -0.4 is 0 Å². The minimum atomic E-state index is -0.985. The number of rotatable bonds is 1. The molecule has 3 fully saturated rings. The summed E-state index contributed by atoms with van der Waals surface area (Å²) in [5.41, 5.74) is -0.320. The van der Waals surface area contributed by atoms with Crippen molar-refractivity contribution in [1.29, 1.82) is 0 Å². The van der Waals surface area contributed by atoms with Crippen molar-refractivity contribution in [3.63, 3.8) is 0 Å². The van der Waals surface area contributed by atoms with Crippen molar-refractivity contribution in [2.75, 3.05) is 0 Å². The Hall–Kier alpha value is -1.88. The van der Waals surface area contributed by atoms with Crippen LogP contribution in [0, 0.1) is 17.3 Å². The first kappa shape index (κ1) is 13.1. The number of fused-ring (bicyclic) bond motifs is 3. The number of carbonyl (C=O) groups excluding carboxylic acids is 2. The molecule has 0 bridgehead atoms. The summed E-state index contributed by atoms with van der Waals surface area (Å²) in [7, 11) is 0. The molecular formula is C15H16O5. The van der Waals surface area contributed by atoms with Crippen molar-refractivity contribution in [2.24, 2.45) is 17.3 Å². The maximum Gasteiger partial charge on any atom is 0.334 e. The number of aliphatic hydroxyl groups is 1. The second-order valence-electron chi connectivity index (χ2n) is 5.81. The minimum absolute atomic E-state index is 0.234. The Kier molecular flexibility index (Phi) is 2.51. The second-order valence-corrected chi connectivity index (χ2v) is 5.81. The normalized spacial score (nSPS) is 46.6. The molecule has 0 radical (unpaired) electrons. The van der Waals surface area contributed by atoms with Crippen molar-refractivity contribution in [1.82, 2.24) is 0 Å². The highest BCUT2D eigenvalue weighted by Gasteiger charge is 2.65. The van der Waals surface area contributed by atoms with E-state index >= 15 is 0 Å². The van der Waals surface area contributed by atoms with Crippen LogP contribution in [0.2, 0.25) is 0 Å². The van der Waals surface area contributed by atoms with Crippen molar-refractivity contribution in [2.45, 2.75) is 25.2 Å². The fraction of sp³-hybridized carbons (Fsp3) is 0.467. The quantitative estimate of drug-likeness (QED) is 0.434. The summed E-state index contributed by atoms with van der Waals surface area (Å²) in [6.07, 6.45) is -0.767. The number of esters is 2. The van der Waals surface area contributed by atoms with Gasteiger partial charge in [-0.15, -0.1) is 6.58 Å². The Labute approximate surface area is 116 Å². The largest absolute Gasteiger partial charge is 0.458 e. The zero-order valence-electron chi connectivity index (χ0n) is 11.2. The first-order valence-electron chi connectivity index (χ1n) is 6.44. The van der Waals surface area contributed by atoms with Gasteiger partial charge in [0.05, 0.1) is 5.92 Å². The van der Waals surface area contributed by atoms with Gasteiger partial charge in [0.25, 0.3) is 0 Å². The van der Waals surface area contributed by atoms with E-state index in [1.165, 1.54) is 0 Å². The summed E-state index contributed by atoms with van der Waals surface area (Å²) in [5, 5.41) is 10.6. The predicted molar refractivity (Wildman–Crippen MR) is 69.3 cm³/mol. The lowest BCUT2D eigenvalue weighted by Gasteiger charge is -2.47. The van der Waals surface area contributed by atoms with Gasteiger partial charge >= 0.3 is 11.9 Å². The molecule has 0 unspecified atom stereocenters. The second kappa shape index (κ2) is 3.82. The maximum absolute atomic E-state index is 11.8. The van der Waals surface area contributed by atoms with Crippen LogP contribution in [0.25, 0.3) is 0 Å². The molecule has 0 amide bonds. The van der Waals surface area contributed by atoms with E-state index in [9.17, 15) is 14.7 Å². The number of carbonyl (C=O) groups is 2. The van der Waals surface area contributed by atoms with E-state index in [1.54, 1.807) is 13.0 Å². The molecule has 2 heterocycles. The average molecular weight is 276 g/mol. The summed E-state index contributed by atoms with van der Waals surface area (Å²) in [4.78, 5) is 23.5. The van der Waals surface area contributed by atoms with Crippen molar-refractivity contribution in [3.05, 3.63) is 37.0 Å². The van der Waals surface area contributed by atoms with Crippen LogP contribution in [-0.4, -0.2) is 35.4 Å². The first-order chi connectivity index (χ1) is 9.32. The van der Waals surface area contributed by atoms with Gasteiger partial charge < -0.3 is 14.6 Å². The fourth-order valence-corrected chi connectivity index (χ4v) is 3.64. The standard InChI is InChI=1S/C15H16O5/c1-5-15(4)9-7(3)14(18)19-10(9)8-6(2)13(17)20-11(8)12(15)16/h5,8-12,16H,1-3H2,4H3/t8-,9+,10+,11+,12+,15-/m0/s1. The molecule has 0 spiro atoms. The third-order valence-electron chi connectivity index (χ3n) is 4.88. The highest BCUT2D eigenvalue weighted by atomic mass is 16.6. The zero-order chi connectivity index (χ0) is 14.8. The molecule has 1 N–H and O–H groups in total. The summed E-state index contributed by atoms with van der Waals surface area (Å²) in [5.74, 6) is -2.03. The molecule has 1 aliphatic carbocycles. The summed E-state index contributed by atoms with van der Waals surface area (Å²) in [6.45, 7) is 13.0. The third kappa shape index (κ3) is 1.31. The van der Waals surface area contributed by atoms with E-state index in [2.05, 4.69) is 19.7 Å². The number of hydrogen-bond acceptors (Lipinski definition) is 5. The van der Waals surface area contributed by atoms with Crippen molar-refractivity contribution >= 4 is 11.9 Å². The molecule has 5 nitrogen and oxygen atoms in total. The van der Waals surface area contributed by atoms with Gasteiger partial charge in [-0.1, -0.05) is 26.2 Å². The fourth-order valence-electron chi connectivity index (χ4n) is 3.64. The van der Waals surface area contributed by atoms with Gasteiger partial charge in [-0.2, -0.15) is 0 Å². The predicted octanol–water partition coefficient (Wildman–Crippen LogP) is 0.749. The third-order valence-corrected chi connectivity index (χ3v) is 4.88. The molecule has 0 aromatic carbocycles. The Morgan fingerprint density at radius 1 is 1.15 bits per heavy atom. The molecule has 0 aromatic rings. The van der Waals surface area contributed by atoms with E-state index in [-0.39, 0.29) is 5.57 Å². The van der Waals surface area contributed by atoms with Gasteiger partial charge in [0.1, 0.15) is 18.3 Å². The molecule has 6 atom stereocenters. The van der Waals surface area contributed by atoms with Crippen LogP contribution in [0.15, 0.2) is 37.0 Å². The lowest BCUT2D eigenvalue weighted by Crippen LogP contribution is -2.57. The molecule has 2 aliphatic heterocycles. The van der Waals surface area contributed by atoms with Gasteiger partial charge in [-0.05, 0) is 0 Å². The highest BCUT2D eigenvalue weighted by Crippen LogP contribution is 2.56. The van der Waals surface area contributed by atoms with Gasteiger partial charge in [0.2, 0.25) is 0 Å². The van der Waals surface area contributed by atoms with Crippen LogP contribution in [0.4, 0.5) is 0 Å². The number of hydrogen-bond donors (Lipinski definition) is 1. The van der Waals surface area contributed by atoms with E-state index < -0.39 is 47.5 Å². The minimum Gasteiger partial charge on any atom is -0.458 e. The first-order valence-corrected chi connectivity index (χ1v) is 6.44. The Balaban J connectivity index is 2.15. The molecule has 1 saturated carbocycles. The summed E-state index contributed by atoms with van der Waals surface area (Å²) in [6, 6.07) is 0. The number of ether oxygens (including phenoxy) is 2.